The number of ether oxygens (including phenoxy) is 1. The van der Waals surface area contributed by atoms with E-state index in [1.807, 2.05) is 4.90 Å². The molecule has 1 aromatic heterocycles. The number of benzene rings is 3. The molecular weight excluding hydrogens is 824 g/mol. The zero-order valence-electron chi connectivity index (χ0n) is 33.7. The maximum absolute atomic E-state index is 15.6. The molecule has 3 N–H and O–H groups in total. The van der Waals surface area contributed by atoms with Crippen LogP contribution in [-0.2, 0) is 14.4 Å². The zero-order valence-corrected chi connectivity index (χ0v) is 34.4. The van der Waals surface area contributed by atoms with Crippen LogP contribution in [0.1, 0.15) is 59.2 Å². The number of amides is 5. The second-order valence-corrected chi connectivity index (χ2v) is 16.9. The molecule has 18 heteroatoms. The Morgan fingerprint density at radius 2 is 1.76 bits per heavy atom. The van der Waals surface area contributed by atoms with Crippen LogP contribution < -0.4 is 25.6 Å². The predicted molar refractivity (Wildman–Crippen MR) is 227 cm³/mol. The Balaban J connectivity index is 0.755. The van der Waals surface area contributed by atoms with Crippen molar-refractivity contribution in [1.82, 2.24) is 30.0 Å². The molecule has 4 saturated heterocycles. The molecule has 0 spiro atoms. The minimum absolute atomic E-state index is 0.0128. The van der Waals surface area contributed by atoms with Crippen molar-refractivity contribution in [1.29, 1.82) is 0 Å². The minimum Gasteiger partial charge on any atom is -0.491 e. The number of carbonyl (C=O) groups excluding carboxylic acids is 5. The third kappa shape index (κ3) is 8.07. The number of carbonyl (C=O) groups is 5. The van der Waals surface area contributed by atoms with Gasteiger partial charge in [0.05, 0.1) is 39.6 Å². The van der Waals surface area contributed by atoms with Crippen LogP contribution >= 0.6 is 11.6 Å². The summed E-state index contributed by atoms with van der Waals surface area (Å²) in [4.78, 5) is 79.7. The minimum atomic E-state index is -1.10. The lowest BCUT2D eigenvalue weighted by atomic mass is 9.95. The second-order valence-electron chi connectivity index (χ2n) is 16.5. The smallest absolute Gasteiger partial charge is 0.262 e. The van der Waals surface area contributed by atoms with Crippen molar-refractivity contribution in [2.24, 2.45) is 5.92 Å². The standard InChI is InChI=1S/C44H44ClF2N9O6/c1-2-39(57)51-35-17-30-34(48-23-49-41(30)50-25-4-5-32(46)31(45)14-25)19-38(35)62-13-3-10-53-11-8-24(9-12-53)20-54-21-27-15-26(54)22-55(27)37-18-29-28(16-33(37)47)43(60)56(44(29)61)36-6-7-40(58)52-42(36)59/h2,4-5,14,16-19,23-24,26-27,36H,1,3,6-13,15,20-22H2,(H,51,57)(H,48,49,50)(H,52,58,59). The molecule has 15 nitrogen and oxygen atoms in total. The van der Waals surface area contributed by atoms with Crippen molar-refractivity contribution < 1.29 is 37.5 Å². The fourth-order valence-electron chi connectivity index (χ4n) is 9.46. The molecule has 3 unspecified atom stereocenters. The Hall–Kier alpha value is -6.04. The van der Waals surface area contributed by atoms with Crippen molar-refractivity contribution in [3.63, 3.8) is 0 Å². The number of anilines is 4. The Bertz CT molecular complexity index is 2520. The van der Waals surface area contributed by atoms with Crippen molar-refractivity contribution in [3.8, 4) is 5.75 Å². The van der Waals surface area contributed by atoms with Crippen molar-refractivity contribution in [2.75, 3.05) is 61.4 Å². The van der Waals surface area contributed by atoms with Crippen LogP contribution in [0.15, 0.2) is 61.4 Å². The first kappa shape index (κ1) is 41.3. The van der Waals surface area contributed by atoms with Gasteiger partial charge in [-0.15, -0.1) is 0 Å². The number of nitrogens with zero attached hydrogens (tertiary/aromatic N) is 6. The Labute approximate surface area is 360 Å². The van der Waals surface area contributed by atoms with Crippen LogP contribution in [-0.4, -0.2) is 118 Å². The van der Waals surface area contributed by atoms with E-state index in [2.05, 4.69) is 42.3 Å². The molecule has 5 aliphatic rings. The lowest BCUT2D eigenvalue weighted by Gasteiger charge is -2.39. The van der Waals surface area contributed by atoms with E-state index in [0.717, 1.165) is 69.4 Å². The van der Waals surface area contributed by atoms with E-state index >= 15 is 4.39 Å². The van der Waals surface area contributed by atoms with E-state index < -0.39 is 47.2 Å². The van der Waals surface area contributed by atoms with Gasteiger partial charge in [-0.25, -0.2) is 18.7 Å². The number of aromatic nitrogens is 2. The second kappa shape index (κ2) is 17.0. The molecule has 9 rings (SSSR count). The normalized spacial score (nSPS) is 21.8. The van der Waals surface area contributed by atoms with Crippen molar-refractivity contribution in [2.45, 2.75) is 56.7 Å². The van der Waals surface area contributed by atoms with Gasteiger partial charge in [-0.2, -0.15) is 0 Å². The molecule has 0 aliphatic carbocycles. The summed E-state index contributed by atoms with van der Waals surface area (Å²) in [6.07, 6.45) is 6.39. The topological polar surface area (TPSA) is 169 Å². The van der Waals surface area contributed by atoms with Crippen LogP contribution in [0.3, 0.4) is 0 Å². The number of piperazine rings is 1. The number of rotatable bonds is 13. The molecule has 6 heterocycles. The maximum atomic E-state index is 15.6. The molecule has 2 bridgehead atoms. The predicted octanol–water partition coefficient (Wildman–Crippen LogP) is 5.27. The third-order valence-corrected chi connectivity index (χ3v) is 12.9. The fraction of sp³-hybridized carbons (Fsp3) is 0.386. The van der Waals surface area contributed by atoms with Gasteiger partial charge in [-0.05, 0) is 93.6 Å². The fourth-order valence-corrected chi connectivity index (χ4v) is 9.64. The van der Waals surface area contributed by atoms with E-state index in [-0.39, 0.29) is 41.1 Å². The number of imide groups is 2. The Kier molecular flexibility index (Phi) is 11.3. The van der Waals surface area contributed by atoms with Gasteiger partial charge < -0.3 is 25.2 Å². The largest absolute Gasteiger partial charge is 0.491 e. The molecule has 322 valence electrons. The van der Waals surface area contributed by atoms with Crippen molar-refractivity contribution >= 4 is 74.9 Å². The molecule has 0 radical (unpaired) electrons. The van der Waals surface area contributed by atoms with E-state index in [1.165, 1.54) is 30.6 Å². The summed E-state index contributed by atoms with van der Waals surface area (Å²) in [7, 11) is 0. The van der Waals surface area contributed by atoms with Crippen LogP contribution in [0.5, 0.6) is 5.75 Å². The van der Waals surface area contributed by atoms with E-state index in [1.54, 1.807) is 18.2 Å². The summed E-state index contributed by atoms with van der Waals surface area (Å²) in [5, 5.41) is 8.72. The van der Waals surface area contributed by atoms with Crippen LogP contribution in [0.4, 0.5) is 31.7 Å². The molecule has 3 atom stereocenters. The van der Waals surface area contributed by atoms with Crippen LogP contribution in [0.2, 0.25) is 5.02 Å². The van der Waals surface area contributed by atoms with Gasteiger partial charge >= 0.3 is 0 Å². The molecule has 3 aromatic carbocycles. The first-order valence-electron chi connectivity index (χ1n) is 20.8. The van der Waals surface area contributed by atoms with E-state index in [4.69, 9.17) is 16.3 Å². The molecular formula is C44H44ClF2N9O6. The first-order chi connectivity index (χ1) is 29.9. The van der Waals surface area contributed by atoms with Gasteiger partial charge in [0.25, 0.3) is 11.8 Å². The number of hydrogen-bond donors (Lipinski definition) is 3. The summed E-state index contributed by atoms with van der Waals surface area (Å²) in [5.41, 5.74) is 1.85. The summed E-state index contributed by atoms with van der Waals surface area (Å²) >= 11 is 5.98. The lowest BCUT2D eigenvalue weighted by Crippen LogP contribution is -2.54. The van der Waals surface area contributed by atoms with Gasteiger partial charge in [0, 0.05) is 61.8 Å². The average Bonchev–Trinajstić information content (AvgIpc) is 3.92. The third-order valence-electron chi connectivity index (χ3n) is 12.6. The molecule has 5 amide bonds. The van der Waals surface area contributed by atoms with Crippen LogP contribution in [0, 0.1) is 17.6 Å². The van der Waals surface area contributed by atoms with E-state index in [0.29, 0.717) is 58.6 Å². The highest BCUT2D eigenvalue weighted by Gasteiger charge is 2.48. The average molecular weight is 868 g/mol. The van der Waals surface area contributed by atoms with Gasteiger partial charge in [0.1, 0.15) is 35.6 Å². The highest BCUT2D eigenvalue weighted by Crippen LogP contribution is 2.40. The molecule has 4 fully saturated rings. The number of hydrogen-bond acceptors (Lipinski definition) is 12. The molecule has 0 saturated carbocycles. The maximum Gasteiger partial charge on any atom is 0.262 e. The van der Waals surface area contributed by atoms with Gasteiger partial charge in [-0.1, -0.05) is 18.2 Å². The van der Waals surface area contributed by atoms with Gasteiger partial charge in [0.2, 0.25) is 17.7 Å². The number of halogens is 3. The van der Waals surface area contributed by atoms with Gasteiger partial charge in [0.15, 0.2) is 0 Å². The van der Waals surface area contributed by atoms with Crippen LogP contribution in [0.25, 0.3) is 10.9 Å². The summed E-state index contributed by atoms with van der Waals surface area (Å²) in [6.45, 7) is 9.11. The number of piperidine rings is 2. The Morgan fingerprint density at radius 1 is 0.968 bits per heavy atom. The SMILES string of the molecule is C=CC(=O)Nc1cc2c(Nc3ccc(F)c(Cl)c3)ncnc2cc1OCCCN1CCC(CN2CC3CC2CN3c2cc3c(cc2F)C(=O)N(C2CCC(=O)NC2=O)C3=O)CC1. The number of fused-ring (bicyclic) bond motifs is 4. The zero-order chi connectivity index (χ0) is 43.2. The highest BCUT2D eigenvalue weighted by atomic mass is 35.5. The molecule has 4 aromatic rings. The lowest BCUT2D eigenvalue weighted by molar-refractivity contribution is -0.136. The summed E-state index contributed by atoms with van der Waals surface area (Å²) in [5.74, 6) is -2.61. The van der Waals surface area contributed by atoms with Gasteiger partial charge in [-0.3, -0.25) is 39.1 Å². The summed E-state index contributed by atoms with van der Waals surface area (Å²) < 4.78 is 35.6. The molecule has 5 aliphatic heterocycles. The molecule has 62 heavy (non-hydrogen) atoms. The van der Waals surface area contributed by atoms with E-state index in [9.17, 15) is 28.4 Å². The quantitative estimate of drug-likeness (QED) is 0.0906. The summed E-state index contributed by atoms with van der Waals surface area (Å²) in [6, 6.07) is 9.53. The first-order valence-corrected chi connectivity index (χ1v) is 21.2. The number of nitrogens with one attached hydrogen (secondary N) is 3. The number of likely N-dealkylation sites (tertiary alicyclic amines) is 2. The van der Waals surface area contributed by atoms with Crippen molar-refractivity contribution in [3.05, 3.63) is 89.2 Å². The highest BCUT2D eigenvalue weighted by molar-refractivity contribution is 6.31. The monoisotopic (exact) mass is 867 g/mol. The Morgan fingerprint density at radius 3 is 2.48 bits per heavy atom.